The van der Waals surface area contributed by atoms with Gasteiger partial charge in [-0.1, -0.05) is 188 Å². The number of benzene rings is 7. The van der Waals surface area contributed by atoms with Crippen molar-refractivity contribution >= 4 is 16.4 Å². The maximum absolute atomic E-state index is 5.32. The normalized spacial score (nSPS) is 11.3. The molecule has 0 saturated heterocycles. The van der Waals surface area contributed by atoms with Crippen molar-refractivity contribution in [2.24, 2.45) is 0 Å². The van der Waals surface area contributed by atoms with Gasteiger partial charge in [0.05, 0.1) is 17.1 Å². The van der Waals surface area contributed by atoms with Crippen molar-refractivity contribution in [3.05, 3.63) is 200 Å². The monoisotopic (exact) mass is 703 g/mol. The van der Waals surface area contributed by atoms with Gasteiger partial charge in [0.2, 0.25) is 0 Å². The topological polar surface area (TPSA) is 56.0 Å². The molecule has 3 heterocycles. The highest BCUT2D eigenvalue weighted by atomic mass is 15.1. The summed E-state index contributed by atoms with van der Waals surface area (Å²) in [5, 5.41) is 2.22. The Hall–Kier alpha value is -7.50. The van der Waals surface area contributed by atoms with E-state index in [0.717, 1.165) is 83.8 Å². The van der Waals surface area contributed by atoms with Gasteiger partial charge in [0.15, 0.2) is 11.6 Å². The van der Waals surface area contributed by atoms with E-state index in [9.17, 15) is 0 Å². The minimum Gasteiger partial charge on any atom is -0.277 e. The lowest BCUT2D eigenvalue weighted by Crippen LogP contribution is -2.03. The minimum atomic E-state index is 0.690. The third-order valence-corrected chi connectivity index (χ3v) is 10.0. The Morgan fingerprint density at radius 1 is 0.291 bits per heavy atom. The van der Waals surface area contributed by atoms with Gasteiger partial charge in [-0.2, -0.15) is 0 Å². The molecule has 5 heteroatoms. The second-order valence-electron chi connectivity index (χ2n) is 13.5. The number of hydrogen-bond donors (Lipinski definition) is 0. The van der Waals surface area contributed by atoms with Crippen molar-refractivity contribution < 1.29 is 0 Å². The number of nitrogens with zero attached hydrogens (tertiary/aromatic N) is 5. The highest BCUT2D eigenvalue weighted by molar-refractivity contribution is 6.06. The van der Waals surface area contributed by atoms with Crippen LogP contribution >= 0.6 is 0 Å². The maximum Gasteiger partial charge on any atom is 0.163 e. The van der Waals surface area contributed by atoms with Gasteiger partial charge in [0.25, 0.3) is 0 Å². The summed E-state index contributed by atoms with van der Waals surface area (Å²) in [5.41, 5.74) is 12.0. The molecule has 0 fully saturated rings. The Morgan fingerprint density at radius 2 is 0.745 bits per heavy atom. The molecule has 10 rings (SSSR count). The first-order valence-corrected chi connectivity index (χ1v) is 18.4. The molecule has 0 bridgehead atoms. The minimum absolute atomic E-state index is 0.690. The Kier molecular flexibility index (Phi) is 8.08. The maximum atomic E-state index is 5.32. The van der Waals surface area contributed by atoms with Crippen LogP contribution in [-0.2, 0) is 0 Å². The summed E-state index contributed by atoms with van der Waals surface area (Å²) in [7, 11) is 0. The summed E-state index contributed by atoms with van der Waals surface area (Å²) in [6.07, 6.45) is 0. The summed E-state index contributed by atoms with van der Waals surface area (Å²) < 4.78 is 2.23. The van der Waals surface area contributed by atoms with Gasteiger partial charge in [-0.25, -0.2) is 19.9 Å². The van der Waals surface area contributed by atoms with E-state index in [-0.39, 0.29) is 0 Å². The molecule has 3 aromatic heterocycles. The summed E-state index contributed by atoms with van der Waals surface area (Å²) in [6, 6.07) is 69.1. The third-order valence-electron chi connectivity index (χ3n) is 10.0. The zero-order chi connectivity index (χ0) is 36.6. The zero-order valence-electron chi connectivity index (χ0n) is 29.8. The van der Waals surface area contributed by atoms with Crippen LogP contribution < -0.4 is 0 Å². The van der Waals surface area contributed by atoms with E-state index >= 15 is 0 Å². The molecule has 0 radical (unpaired) electrons. The van der Waals surface area contributed by atoms with Crippen LogP contribution in [0.25, 0.3) is 95.5 Å². The van der Waals surface area contributed by atoms with Gasteiger partial charge in [-0.3, -0.25) is 4.40 Å². The largest absolute Gasteiger partial charge is 0.277 e. The number of hydrogen-bond acceptors (Lipinski definition) is 4. The average Bonchev–Trinajstić information content (AvgIpc) is 3.61. The molecule has 0 aliphatic carbocycles. The standard InChI is InChI=1S/C50H33N5/c1-5-16-35(17-6-1)44-33-45(52-47(51-44)38-20-9-3-10-21-38)36-30-28-34(29-31-36)40-24-15-25-41(32-40)49-53-48(39-22-11-4-12-23-39)54-50-43-27-14-13-26-42(43)46(55(49)50)37-18-7-2-8-19-37/h1-33H. The van der Waals surface area contributed by atoms with Crippen LogP contribution in [0.1, 0.15) is 0 Å². The predicted octanol–water partition coefficient (Wildman–Crippen LogP) is 12.3. The quantitative estimate of drug-likeness (QED) is 0.166. The van der Waals surface area contributed by atoms with Crippen LogP contribution in [0.5, 0.6) is 0 Å². The molecule has 258 valence electrons. The SMILES string of the molecule is c1ccc(-c2cc(-c3ccc(-c4cccc(-c5nc(-c6ccccc6)nc6c7ccccc7c(-c7ccccc7)n56)c4)cc3)nc(-c3ccccc3)n2)cc1. The highest BCUT2D eigenvalue weighted by Crippen LogP contribution is 2.38. The van der Waals surface area contributed by atoms with E-state index in [1.165, 1.54) is 0 Å². The van der Waals surface area contributed by atoms with Crippen molar-refractivity contribution in [3.8, 4) is 79.1 Å². The van der Waals surface area contributed by atoms with Crippen LogP contribution in [0, 0.1) is 0 Å². The molecule has 0 saturated carbocycles. The molecule has 55 heavy (non-hydrogen) atoms. The first-order valence-electron chi connectivity index (χ1n) is 18.4. The molecule has 0 aliphatic heterocycles. The van der Waals surface area contributed by atoms with Crippen molar-refractivity contribution in [2.75, 3.05) is 0 Å². The van der Waals surface area contributed by atoms with Gasteiger partial charge in [-0.15, -0.1) is 0 Å². The number of rotatable bonds is 7. The van der Waals surface area contributed by atoms with Gasteiger partial charge in [0, 0.05) is 38.6 Å². The molecule has 0 spiro atoms. The van der Waals surface area contributed by atoms with E-state index < -0.39 is 0 Å². The second kappa shape index (κ2) is 13.8. The van der Waals surface area contributed by atoms with E-state index in [1.54, 1.807) is 0 Å². The number of aromatic nitrogens is 5. The fourth-order valence-electron chi connectivity index (χ4n) is 7.35. The molecule has 0 unspecified atom stereocenters. The molecule has 0 N–H and O–H groups in total. The van der Waals surface area contributed by atoms with Gasteiger partial charge >= 0.3 is 0 Å². The summed E-state index contributed by atoms with van der Waals surface area (Å²) in [4.78, 5) is 20.5. The molecular weight excluding hydrogens is 671 g/mol. The van der Waals surface area contributed by atoms with Crippen LogP contribution in [0.15, 0.2) is 200 Å². The summed E-state index contributed by atoms with van der Waals surface area (Å²) in [6.45, 7) is 0. The average molecular weight is 704 g/mol. The third kappa shape index (κ3) is 6.04. The lowest BCUT2D eigenvalue weighted by molar-refractivity contribution is 1.05. The summed E-state index contributed by atoms with van der Waals surface area (Å²) >= 11 is 0. The molecule has 7 aromatic carbocycles. The molecular formula is C50H33N5. The van der Waals surface area contributed by atoms with Crippen LogP contribution in [0.2, 0.25) is 0 Å². The van der Waals surface area contributed by atoms with Gasteiger partial charge < -0.3 is 0 Å². The Bertz CT molecular complexity index is 2880. The molecule has 0 atom stereocenters. The van der Waals surface area contributed by atoms with Gasteiger partial charge in [0.1, 0.15) is 11.5 Å². The predicted molar refractivity (Wildman–Crippen MR) is 224 cm³/mol. The van der Waals surface area contributed by atoms with E-state index in [1.807, 2.05) is 54.6 Å². The van der Waals surface area contributed by atoms with Crippen LogP contribution in [0.4, 0.5) is 0 Å². The van der Waals surface area contributed by atoms with Crippen molar-refractivity contribution in [3.63, 3.8) is 0 Å². The first kappa shape index (κ1) is 32.2. The molecule has 0 amide bonds. The van der Waals surface area contributed by atoms with Gasteiger partial charge in [-0.05, 0) is 28.8 Å². The smallest absolute Gasteiger partial charge is 0.163 e. The first-order chi connectivity index (χ1) is 27.3. The summed E-state index contributed by atoms with van der Waals surface area (Å²) in [5.74, 6) is 2.22. The Morgan fingerprint density at radius 3 is 1.36 bits per heavy atom. The molecule has 5 nitrogen and oxygen atoms in total. The molecule has 10 aromatic rings. The molecule has 0 aliphatic rings. The second-order valence-corrected chi connectivity index (χ2v) is 13.5. The van der Waals surface area contributed by atoms with Crippen molar-refractivity contribution in [1.29, 1.82) is 0 Å². The van der Waals surface area contributed by atoms with E-state index in [2.05, 4.69) is 150 Å². The fraction of sp³-hybridized carbons (Fsp3) is 0. The van der Waals surface area contributed by atoms with Crippen molar-refractivity contribution in [2.45, 2.75) is 0 Å². The lowest BCUT2D eigenvalue weighted by Gasteiger charge is -2.13. The van der Waals surface area contributed by atoms with E-state index in [0.29, 0.717) is 11.6 Å². The Balaban J connectivity index is 1.10. The van der Waals surface area contributed by atoms with Crippen LogP contribution in [0.3, 0.4) is 0 Å². The number of fused-ring (bicyclic) bond motifs is 3. The highest BCUT2D eigenvalue weighted by Gasteiger charge is 2.21. The van der Waals surface area contributed by atoms with Crippen molar-refractivity contribution in [1.82, 2.24) is 24.3 Å². The lowest BCUT2D eigenvalue weighted by atomic mass is 10.00. The fourth-order valence-corrected chi connectivity index (χ4v) is 7.35. The van der Waals surface area contributed by atoms with Crippen LogP contribution in [-0.4, -0.2) is 24.3 Å². The Labute approximate surface area is 319 Å². The van der Waals surface area contributed by atoms with E-state index in [4.69, 9.17) is 19.9 Å². The zero-order valence-corrected chi connectivity index (χ0v) is 29.8.